The number of hydrogen-bond acceptors (Lipinski definition) is 6. The molecule has 2 aromatic rings. The highest BCUT2D eigenvalue weighted by Crippen LogP contribution is 2.33. The van der Waals surface area contributed by atoms with Gasteiger partial charge in [-0.2, -0.15) is 0 Å². The third-order valence-corrected chi connectivity index (χ3v) is 6.57. The molecule has 0 amide bonds. The quantitative estimate of drug-likeness (QED) is 0.195. The zero-order valence-corrected chi connectivity index (χ0v) is 21.2. The highest BCUT2D eigenvalue weighted by Gasteiger charge is 2.23. The summed E-state index contributed by atoms with van der Waals surface area (Å²) >= 11 is 5.99. The van der Waals surface area contributed by atoms with Gasteiger partial charge in [-0.25, -0.2) is 0 Å². The molecule has 2 N–H and O–H groups in total. The number of halogens is 2. The molecule has 8 nitrogen and oxygen atoms in total. The van der Waals surface area contributed by atoms with Gasteiger partial charge in [0, 0.05) is 24.3 Å². The molecular weight excluding hydrogens is 576 g/mol. The maximum Gasteiger partial charge on any atom is 0.317 e. The lowest BCUT2D eigenvalue weighted by molar-refractivity contribution is -0.144. The number of benzene rings is 2. The van der Waals surface area contributed by atoms with E-state index < -0.39 is 39.4 Å². The van der Waals surface area contributed by atoms with E-state index in [0.29, 0.717) is 5.56 Å². The van der Waals surface area contributed by atoms with Crippen LogP contribution in [-0.2, 0) is 23.9 Å². The Morgan fingerprint density at radius 1 is 0.765 bits per heavy atom. The molecule has 0 aliphatic carbocycles. The first-order valence-electron chi connectivity index (χ1n) is 10.4. The van der Waals surface area contributed by atoms with Gasteiger partial charge in [0.15, 0.2) is 0 Å². The number of ether oxygens (including phenoxy) is 2. The molecule has 0 aromatic heterocycles. The van der Waals surface area contributed by atoms with Gasteiger partial charge in [-0.15, -0.1) is 0 Å². The minimum Gasteiger partial charge on any atom is -0.480 e. The van der Waals surface area contributed by atoms with Crippen molar-refractivity contribution >= 4 is 55.7 Å². The Bertz CT molecular complexity index is 995. The molecule has 0 spiro atoms. The number of rotatable bonds is 13. The van der Waals surface area contributed by atoms with Crippen molar-refractivity contribution in [2.75, 3.05) is 6.61 Å². The predicted octanol–water partition coefficient (Wildman–Crippen LogP) is 4.52. The van der Waals surface area contributed by atoms with E-state index in [0.717, 1.165) is 5.56 Å². The smallest absolute Gasteiger partial charge is 0.317 e. The van der Waals surface area contributed by atoms with E-state index in [2.05, 4.69) is 31.9 Å². The van der Waals surface area contributed by atoms with E-state index in [1.54, 1.807) is 24.3 Å². The molecule has 182 valence electrons. The van der Waals surface area contributed by atoms with Gasteiger partial charge in [0.05, 0.1) is 0 Å². The van der Waals surface area contributed by atoms with Crippen LogP contribution in [0.25, 0.3) is 0 Å². The fraction of sp³-hybridized carbons (Fsp3) is 0.333. The van der Waals surface area contributed by atoms with Crippen molar-refractivity contribution < 1.29 is 38.9 Å². The Hall–Kier alpha value is -2.72. The molecule has 0 bridgehead atoms. The fourth-order valence-electron chi connectivity index (χ4n) is 3.07. The third kappa shape index (κ3) is 8.90. The van der Waals surface area contributed by atoms with E-state index in [1.165, 1.54) is 0 Å². The summed E-state index contributed by atoms with van der Waals surface area (Å²) in [5.74, 6) is -3.41. The Morgan fingerprint density at radius 3 is 1.88 bits per heavy atom. The first-order valence-corrected chi connectivity index (χ1v) is 12.3. The summed E-state index contributed by atoms with van der Waals surface area (Å²) in [7, 11) is 0. The van der Waals surface area contributed by atoms with Crippen LogP contribution >= 0.6 is 31.9 Å². The molecule has 0 aliphatic heterocycles. The average Bonchev–Trinajstić information content (AvgIpc) is 2.82. The van der Waals surface area contributed by atoms with Crippen LogP contribution in [0.2, 0.25) is 0 Å². The monoisotopic (exact) mass is 598 g/mol. The van der Waals surface area contributed by atoms with Crippen LogP contribution in [0.1, 0.15) is 42.7 Å². The molecule has 0 saturated carbocycles. The lowest BCUT2D eigenvalue weighted by Crippen LogP contribution is -2.19. The number of carbonyl (C=O) groups excluding carboxylic acids is 2. The van der Waals surface area contributed by atoms with Gasteiger partial charge in [0.1, 0.15) is 22.0 Å². The molecule has 10 heteroatoms. The number of carbonyl (C=O) groups is 4. The number of alkyl halides is 2. The number of hydrogen-bond donors (Lipinski definition) is 2. The highest BCUT2D eigenvalue weighted by molar-refractivity contribution is 9.10. The van der Waals surface area contributed by atoms with E-state index >= 15 is 0 Å². The van der Waals surface area contributed by atoms with Crippen LogP contribution in [0.15, 0.2) is 54.6 Å². The van der Waals surface area contributed by atoms with Crippen molar-refractivity contribution in [3.8, 4) is 5.75 Å². The van der Waals surface area contributed by atoms with Crippen LogP contribution in [-0.4, -0.2) is 50.4 Å². The van der Waals surface area contributed by atoms with Gasteiger partial charge in [0.25, 0.3) is 0 Å². The van der Waals surface area contributed by atoms with Crippen molar-refractivity contribution in [3.63, 3.8) is 0 Å². The zero-order valence-electron chi connectivity index (χ0n) is 18.1. The van der Waals surface area contributed by atoms with Gasteiger partial charge in [-0.1, -0.05) is 80.4 Å². The molecule has 0 saturated heterocycles. The first-order chi connectivity index (χ1) is 16.2. The number of esters is 2. The summed E-state index contributed by atoms with van der Waals surface area (Å²) in [6.45, 7) is -0.0417. The predicted molar refractivity (Wildman–Crippen MR) is 130 cm³/mol. The normalized spacial score (nSPS) is 13.4. The average molecular weight is 600 g/mol. The zero-order chi connectivity index (χ0) is 25.1. The van der Waals surface area contributed by atoms with Crippen molar-refractivity contribution in [1.82, 2.24) is 0 Å². The molecule has 3 unspecified atom stereocenters. The maximum atomic E-state index is 12.3. The Labute approximate surface area is 213 Å². The van der Waals surface area contributed by atoms with Crippen molar-refractivity contribution in [3.05, 3.63) is 65.7 Å². The summed E-state index contributed by atoms with van der Waals surface area (Å²) in [4.78, 5) is 44.7. The summed E-state index contributed by atoms with van der Waals surface area (Å²) in [6.07, 6.45) is -0.0132. The number of para-hydroxylation sites is 1. The Morgan fingerprint density at radius 2 is 1.29 bits per heavy atom. The van der Waals surface area contributed by atoms with Crippen molar-refractivity contribution in [1.29, 1.82) is 0 Å². The molecule has 2 aromatic carbocycles. The van der Waals surface area contributed by atoms with E-state index in [-0.39, 0.29) is 38.0 Å². The summed E-state index contributed by atoms with van der Waals surface area (Å²) in [5.41, 5.74) is 1.45. The van der Waals surface area contributed by atoms with Gasteiger partial charge in [-0.3, -0.25) is 19.2 Å². The van der Waals surface area contributed by atoms with Crippen LogP contribution in [0.3, 0.4) is 0 Å². The van der Waals surface area contributed by atoms with E-state index in [1.807, 2.05) is 30.3 Å². The van der Waals surface area contributed by atoms with Crippen LogP contribution in [0, 0.1) is 0 Å². The van der Waals surface area contributed by atoms with Crippen molar-refractivity contribution in [2.45, 2.75) is 41.3 Å². The number of carboxylic acids is 2. The van der Waals surface area contributed by atoms with Gasteiger partial charge in [-0.05, 0) is 24.5 Å². The highest BCUT2D eigenvalue weighted by atomic mass is 79.9. The molecule has 0 aliphatic rings. The van der Waals surface area contributed by atoms with Gasteiger partial charge in [0.2, 0.25) is 0 Å². The molecular formula is C24H24Br2O8. The summed E-state index contributed by atoms with van der Waals surface area (Å²) < 4.78 is 11.0. The van der Waals surface area contributed by atoms with Crippen LogP contribution < -0.4 is 4.74 Å². The molecule has 0 radical (unpaired) electrons. The van der Waals surface area contributed by atoms with Gasteiger partial charge >= 0.3 is 23.9 Å². The largest absolute Gasteiger partial charge is 0.480 e. The van der Waals surface area contributed by atoms with E-state index in [9.17, 15) is 19.2 Å². The molecule has 34 heavy (non-hydrogen) atoms. The van der Waals surface area contributed by atoms with E-state index in [4.69, 9.17) is 19.7 Å². The second kappa shape index (κ2) is 13.9. The molecule has 3 atom stereocenters. The molecule has 0 heterocycles. The minimum atomic E-state index is -1.06. The third-order valence-electron chi connectivity index (χ3n) is 4.87. The van der Waals surface area contributed by atoms with Crippen LogP contribution in [0.4, 0.5) is 0 Å². The maximum absolute atomic E-state index is 12.3. The lowest BCUT2D eigenvalue weighted by Gasteiger charge is -2.21. The lowest BCUT2D eigenvalue weighted by atomic mass is 9.91. The van der Waals surface area contributed by atoms with Crippen LogP contribution in [0.5, 0.6) is 5.75 Å². The fourth-order valence-corrected chi connectivity index (χ4v) is 3.53. The SMILES string of the molecule is O=C(CCC(Br)C(=O)O)OCC(c1ccccc1)c1ccccc1OC(=O)CCC(Br)C(=O)O. The first kappa shape index (κ1) is 27.5. The summed E-state index contributed by atoms with van der Waals surface area (Å²) in [5, 5.41) is 17.9. The molecule has 0 fully saturated rings. The van der Waals surface area contributed by atoms with Gasteiger partial charge < -0.3 is 19.7 Å². The topological polar surface area (TPSA) is 127 Å². The standard InChI is InChI=1S/C24H24Br2O8/c25-18(23(29)30)10-12-21(27)33-14-17(15-6-2-1-3-7-15)16-8-4-5-9-20(16)34-22(28)13-11-19(26)24(31)32/h1-9,17-19H,10-14H2,(H,29,30)(H,31,32). The minimum absolute atomic E-state index is 0.0417. The second-order valence-corrected chi connectivity index (χ2v) is 9.56. The Kier molecular flexibility index (Phi) is 11.2. The Balaban J connectivity index is 2.16. The second-order valence-electron chi connectivity index (χ2n) is 7.35. The number of carboxylic acid groups (broad SMARTS) is 2. The molecule has 2 rings (SSSR count). The van der Waals surface area contributed by atoms with Crippen molar-refractivity contribution in [2.24, 2.45) is 0 Å². The summed E-state index contributed by atoms with van der Waals surface area (Å²) in [6, 6.07) is 16.1. The number of aliphatic carboxylic acids is 2.